The molecule has 3 N–H and O–H groups in total. The topological polar surface area (TPSA) is 119 Å². The van der Waals surface area contributed by atoms with Crippen LogP contribution in [0.5, 0.6) is 11.5 Å². The van der Waals surface area contributed by atoms with Gasteiger partial charge in [0.2, 0.25) is 0 Å². The highest BCUT2D eigenvalue weighted by Gasteiger charge is 2.27. The third-order valence-electron chi connectivity index (χ3n) is 6.18. The van der Waals surface area contributed by atoms with Crippen molar-refractivity contribution in [3.63, 3.8) is 0 Å². The minimum absolute atomic E-state index is 0.134. The Morgan fingerprint density at radius 2 is 1.89 bits per heavy atom. The van der Waals surface area contributed by atoms with Crippen molar-refractivity contribution < 1.29 is 23.4 Å². The number of aromatic hydroxyl groups is 2. The number of hydrogen-bond acceptors (Lipinski definition) is 7. The molecule has 0 radical (unpaired) electrons. The van der Waals surface area contributed by atoms with Gasteiger partial charge in [-0.2, -0.15) is 5.10 Å². The van der Waals surface area contributed by atoms with Crippen LogP contribution in [0.2, 0.25) is 0 Å². The molecule has 1 saturated heterocycles. The number of hydrogen-bond donors (Lipinski definition) is 3. The number of rotatable bonds is 7. The summed E-state index contributed by atoms with van der Waals surface area (Å²) in [7, 11) is -2.49. The molecule has 10 heteroatoms. The number of phenolic OH excluding ortho intramolecular Hbond substituents is 2. The molecule has 2 aromatic carbocycles. The van der Waals surface area contributed by atoms with Crippen LogP contribution in [-0.2, 0) is 21.3 Å². The average molecular weight is 497 g/mol. The smallest absolute Gasteiger partial charge is 0.264 e. The van der Waals surface area contributed by atoms with E-state index in [0.717, 1.165) is 29.5 Å². The van der Waals surface area contributed by atoms with Crippen LogP contribution in [0.4, 0.5) is 5.69 Å². The second-order valence-corrected chi connectivity index (χ2v) is 10.4. The van der Waals surface area contributed by atoms with Gasteiger partial charge in [-0.1, -0.05) is 18.1 Å². The van der Waals surface area contributed by atoms with Crippen LogP contribution >= 0.6 is 0 Å². The number of nitrogens with one attached hydrogen (secondary N) is 1. The molecule has 0 spiro atoms. The van der Waals surface area contributed by atoms with Gasteiger partial charge in [-0.3, -0.25) is 14.3 Å². The Morgan fingerprint density at radius 3 is 2.54 bits per heavy atom. The molecule has 1 aliphatic heterocycles. The molecule has 3 aromatic rings. The minimum atomic E-state index is -3.92. The number of aromatic amines is 1. The fourth-order valence-corrected chi connectivity index (χ4v) is 5.21. The van der Waals surface area contributed by atoms with Gasteiger partial charge in [0.25, 0.3) is 10.0 Å². The maximum absolute atomic E-state index is 13.4. The van der Waals surface area contributed by atoms with E-state index in [1.165, 1.54) is 25.4 Å². The summed E-state index contributed by atoms with van der Waals surface area (Å²) in [5.41, 5.74) is 2.24. The monoisotopic (exact) mass is 496 g/mol. The zero-order chi connectivity index (χ0) is 25.2. The van der Waals surface area contributed by atoms with Crippen LogP contribution in [0.15, 0.2) is 47.5 Å². The zero-order valence-electron chi connectivity index (χ0n) is 19.6. The number of phenols is 2. The van der Waals surface area contributed by atoms with Crippen LogP contribution in [0.1, 0.15) is 24.0 Å². The molecular weight excluding hydrogens is 468 g/mol. The molecule has 0 aliphatic carbocycles. The normalized spacial score (nSPS) is 15.5. The highest BCUT2D eigenvalue weighted by molar-refractivity contribution is 7.92. The first-order valence-electron chi connectivity index (χ1n) is 11.2. The van der Waals surface area contributed by atoms with Crippen LogP contribution in [0.25, 0.3) is 11.3 Å². The predicted molar refractivity (Wildman–Crippen MR) is 133 cm³/mol. The van der Waals surface area contributed by atoms with Crippen molar-refractivity contribution in [3.05, 3.63) is 53.7 Å². The Hall–Kier alpha value is -3.52. The van der Waals surface area contributed by atoms with Crippen LogP contribution in [0, 0.1) is 12.3 Å². The lowest BCUT2D eigenvalue weighted by Crippen LogP contribution is -2.35. The molecule has 9 nitrogen and oxygen atoms in total. The summed E-state index contributed by atoms with van der Waals surface area (Å²) < 4.78 is 33.3. The number of terminal acetylenes is 1. The van der Waals surface area contributed by atoms with Gasteiger partial charge in [-0.25, -0.2) is 8.42 Å². The van der Waals surface area contributed by atoms with Crippen LogP contribution < -0.4 is 4.31 Å². The molecule has 0 saturated carbocycles. The Balaban J connectivity index is 1.62. The average Bonchev–Trinajstić information content (AvgIpc) is 3.33. The highest BCUT2D eigenvalue weighted by Crippen LogP contribution is 2.41. The first kappa shape index (κ1) is 24.6. The summed E-state index contributed by atoms with van der Waals surface area (Å²) in [6.45, 7) is 5.55. The molecular formula is C25H28N4O5S. The van der Waals surface area contributed by atoms with Gasteiger partial charge >= 0.3 is 0 Å². The number of ether oxygens (including phenoxy) is 1. The molecule has 1 unspecified atom stereocenters. The summed E-state index contributed by atoms with van der Waals surface area (Å²) in [6.07, 6.45) is 6.87. The standard InChI is InChI=1S/C25H28N4O5S/c1-4-17(2)20-13-21(24(31)14-23(20)30)25-22(15-26-27-25)28(3)35(32,33)19-7-5-18(6-8-19)16-29-9-11-34-12-10-29/h1,5-8,13-15,17,30-31H,9-12,16H2,2-3H3,(H,26,27). The van der Waals surface area contributed by atoms with Gasteiger partial charge in [-0.15, -0.1) is 6.42 Å². The van der Waals surface area contributed by atoms with Crippen molar-refractivity contribution >= 4 is 15.7 Å². The number of nitrogens with zero attached hydrogens (tertiary/aromatic N) is 3. The van der Waals surface area contributed by atoms with Crippen LogP contribution in [-0.4, -0.2) is 67.1 Å². The molecule has 2 heterocycles. The van der Waals surface area contributed by atoms with E-state index in [1.807, 2.05) is 12.1 Å². The van der Waals surface area contributed by atoms with Gasteiger partial charge in [0.1, 0.15) is 11.5 Å². The largest absolute Gasteiger partial charge is 0.507 e. The molecule has 1 atom stereocenters. The minimum Gasteiger partial charge on any atom is -0.507 e. The van der Waals surface area contributed by atoms with Gasteiger partial charge in [0.05, 0.1) is 35.7 Å². The van der Waals surface area contributed by atoms with Crippen molar-refractivity contribution in [2.75, 3.05) is 37.7 Å². The van der Waals surface area contributed by atoms with E-state index in [0.29, 0.717) is 18.8 Å². The quantitative estimate of drug-likeness (QED) is 0.430. The van der Waals surface area contributed by atoms with Crippen molar-refractivity contribution in [2.24, 2.45) is 0 Å². The first-order valence-corrected chi connectivity index (χ1v) is 12.6. The van der Waals surface area contributed by atoms with E-state index in [9.17, 15) is 18.6 Å². The molecule has 1 aromatic heterocycles. The molecule has 184 valence electrons. The Labute approximate surface area is 205 Å². The number of aromatic nitrogens is 2. The number of morpholine rings is 1. The predicted octanol–water partition coefficient (Wildman–Crippen LogP) is 2.88. The van der Waals surface area contributed by atoms with E-state index >= 15 is 0 Å². The second kappa shape index (κ2) is 10.00. The van der Waals surface area contributed by atoms with Gasteiger partial charge < -0.3 is 14.9 Å². The fraction of sp³-hybridized carbons (Fsp3) is 0.320. The summed E-state index contributed by atoms with van der Waals surface area (Å²) in [5, 5.41) is 27.5. The maximum atomic E-state index is 13.4. The summed E-state index contributed by atoms with van der Waals surface area (Å²) in [4.78, 5) is 2.39. The van der Waals surface area contributed by atoms with Gasteiger partial charge in [0, 0.05) is 49.8 Å². The fourth-order valence-electron chi connectivity index (χ4n) is 4.02. The first-order chi connectivity index (χ1) is 16.7. The number of anilines is 1. The van der Waals surface area contributed by atoms with Crippen molar-refractivity contribution in [2.45, 2.75) is 24.3 Å². The zero-order valence-corrected chi connectivity index (χ0v) is 20.4. The molecule has 0 bridgehead atoms. The molecule has 4 rings (SSSR count). The van der Waals surface area contributed by atoms with Crippen molar-refractivity contribution in [1.29, 1.82) is 0 Å². The van der Waals surface area contributed by atoms with E-state index in [-0.39, 0.29) is 33.3 Å². The molecule has 1 aliphatic rings. The van der Waals surface area contributed by atoms with Crippen molar-refractivity contribution in [3.8, 4) is 35.1 Å². The Morgan fingerprint density at radius 1 is 1.20 bits per heavy atom. The maximum Gasteiger partial charge on any atom is 0.264 e. The third-order valence-corrected chi connectivity index (χ3v) is 7.97. The number of H-pyrrole nitrogens is 1. The number of benzene rings is 2. The number of sulfonamides is 1. The lowest BCUT2D eigenvalue weighted by atomic mass is 9.96. The van der Waals surface area contributed by atoms with E-state index < -0.39 is 15.9 Å². The summed E-state index contributed by atoms with van der Waals surface area (Å²) in [5.74, 6) is 1.75. The van der Waals surface area contributed by atoms with E-state index in [1.54, 1.807) is 19.1 Å². The van der Waals surface area contributed by atoms with Crippen LogP contribution in [0.3, 0.4) is 0 Å². The molecule has 0 amide bonds. The lowest BCUT2D eigenvalue weighted by Gasteiger charge is -2.26. The third kappa shape index (κ3) is 4.98. The highest BCUT2D eigenvalue weighted by atomic mass is 32.2. The second-order valence-electron chi connectivity index (χ2n) is 8.45. The lowest BCUT2D eigenvalue weighted by molar-refractivity contribution is 0.0342. The molecule has 35 heavy (non-hydrogen) atoms. The summed E-state index contributed by atoms with van der Waals surface area (Å²) in [6, 6.07) is 9.52. The van der Waals surface area contributed by atoms with E-state index in [4.69, 9.17) is 11.2 Å². The summed E-state index contributed by atoms with van der Waals surface area (Å²) >= 11 is 0. The Kier molecular flexibility index (Phi) is 7.03. The Bertz CT molecular complexity index is 1340. The SMILES string of the molecule is C#CC(C)c1cc(-c2[nH]ncc2N(C)S(=O)(=O)c2ccc(CN3CCOCC3)cc2)c(O)cc1O. The van der Waals surface area contributed by atoms with Gasteiger partial charge in [0.15, 0.2) is 0 Å². The van der Waals surface area contributed by atoms with E-state index in [2.05, 4.69) is 21.0 Å². The van der Waals surface area contributed by atoms with Gasteiger partial charge in [-0.05, 0) is 30.7 Å². The van der Waals surface area contributed by atoms with Crippen molar-refractivity contribution in [1.82, 2.24) is 15.1 Å². The molecule has 1 fully saturated rings.